The number of alkyl halides is 1. The highest BCUT2D eigenvalue weighted by Gasteiger charge is 2.78. The minimum Gasteiger partial charge on any atom is -0.455 e. The Morgan fingerprint density at radius 2 is 1.71 bits per heavy atom. The van der Waals surface area contributed by atoms with E-state index >= 15 is 9.59 Å². The van der Waals surface area contributed by atoms with Crippen LogP contribution in [0.25, 0.3) is 0 Å². The largest absolute Gasteiger partial charge is 0.455 e. The maximum absolute atomic E-state index is 15.3. The van der Waals surface area contributed by atoms with Crippen LogP contribution in [0.5, 0.6) is 0 Å². The third kappa shape index (κ3) is 7.28. The number of aliphatic hydroxyl groups is 1. The minimum absolute atomic E-state index is 0.0696. The van der Waals surface area contributed by atoms with Crippen LogP contribution in [0.1, 0.15) is 55.0 Å². The number of anilines is 1. The first-order valence-corrected chi connectivity index (χ1v) is 19.8. The number of nitrogens with zero attached hydrogens (tertiary/aromatic N) is 3. The molecule has 6 rings (SSSR count). The molecule has 3 aromatic rings. The van der Waals surface area contributed by atoms with Crippen molar-refractivity contribution in [2.24, 2.45) is 11.8 Å². The van der Waals surface area contributed by atoms with Gasteiger partial charge in [-0.3, -0.25) is 19.2 Å². The molecule has 10 nitrogen and oxygen atoms in total. The van der Waals surface area contributed by atoms with Gasteiger partial charge in [0.05, 0.1) is 47.3 Å². The van der Waals surface area contributed by atoms with Crippen molar-refractivity contribution < 1.29 is 33.8 Å². The van der Waals surface area contributed by atoms with Crippen LogP contribution in [0.3, 0.4) is 0 Å². The number of para-hydroxylation sites is 1. The van der Waals surface area contributed by atoms with Crippen LogP contribution < -0.4 is 4.90 Å². The fourth-order valence-electron chi connectivity index (χ4n) is 8.64. The number of hydrogen-bond acceptors (Lipinski definition) is 7. The highest BCUT2D eigenvalue weighted by Crippen LogP contribution is 2.62. The number of amides is 3. The summed E-state index contributed by atoms with van der Waals surface area (Å²) in [6.45, 7) is 10.9. The number of aryl methyl sites for hydroxylation is 1. The maximum Gasteiger partial charge on any atom is 0.313 e. The molecule has 9 atom stereocenters. The normalized spacial score (nSPS) is 25.5. The number of likely N-dealkylation sites (N-methyl/N-ethyl adjacent to an activating group) is 1. The van der Waals surface area contributed by atoms with E-state index in [2.05, 4.69) is 29.1 Å². The topological polar surface area (TPSA) is 117 Å². The van der Waals surface area contributed by atoms with Crippen molar-refractivity contribution in [2.75, 3.05) is 25.1 Å². The van der Waals surface area contributed by atoms with Crippen LogP contribution in [0.2, 0.25) is 5.02 Å². The monoisotopic (exact) mass is 831 g/mol. The Bertz CT molecular complexity index is 1910. The molecule has 12 heteroatoms. The molecule has 290 valence electrons. The zero-order chi connectivity index (χ0) is 39.6. The molecule has 0 saturated carbocycles. The second kappa shape index (κ2) is 16.8. The van der Waals surface area contributed by atoms with E-state index < -0.39 is 77.0 Å². The molecule has 0 aliphatic carbocycles. The molecule has 3 aromatic carbocycles. The molecule has 3 amide bonds. The summed E-state index contributed by atoms with van der Waals surface area (Å²) in [5.74, 6) is -4.03. The Morgan fingerprint density at radius 3 is 2.31 bits per heavy atom. The molecular weight excluding hydrogens is 786 g/mol. The number of halogens is 2. The highest BCUT2D eigenvalue weighted by molar-refractivity contribution is 9.09. The van der Waals surface area contributed by atoms with E-state index in [0.717, 1.165) is 5.56 Å². The van der Waals surface area contributed by atoms with E-state index in [1.54, 1.807) is 60.5 Å². The number of allylic oxidation sites excluding steroid dienone is 1. The number of aliphatic hydroxyl groups excluding tert-OH is 1. The molecule has 55 heavy (non-hydrogen) atoms. The Kier molecular flexibility index (Phi) is 12.4. The van der Waals surface area contributed by atoms with Crippen LogP contribution in [0.15, 0.2) is 104 Å². The summed E-state index contributed by atoms with van der Waals surface area (Å²) in [6.07, 6.45) is 2.55. The van der Waals surface area contributed by atoms with E-state index in [0.29, 0.717) is 28.3 Å². The lowest BCUT2D eigenvalue weighted by Crippen LogP contribution is -2.57. The maximum atomic E-state index is 15.3. The third-order valence-electron chi connectivity index (χ3n) is 11.3. The van der Waals surface area contributed by atoms with Gasteiger partial charge in [0.15, 0.2) is 0 Å². The summed E-state index contributed by atoms with van der Waals surface area (Å²) in [6, 6.07) is 20.7. The number of esters is 1. The smallest absolute Gasteiger partial charge is 0.313 e. The van der Waals surface area contributed by atoms with E-state index in [-0.39, 0.29) is 25.3 Å². The van der Waals surface area contributed by atoms with Gasteiger partial charge in [0, 0.05) is 24.8 Å². The van der Waals surface area contributed by atoms with Crippen LogP contribution in [-0.4, -0.2) is 87.4 Å². The summed E-state index contributed by atoms with van der Waals surface area (Å²) < 4.78 is 13.2. The van der Waals surface area contributed by atoms with Crippen molar-refractivity contribution in [2.45, 2.75) is 73.9 Å². The van der Waals surface area contributed by atoms with Crippen LogP contribution >= 0.6 is 27.5 Å². The molecule has 3 saturated heterocycles. The average Bonchev–Trinajstić information content (AvgIpc) is 3.79. The van der Waals surface area contributed by atoms with Gasteiger partial charge in [0.2, 0.25) is 11.8 Å². The first-order chi connectivity index (χ1) is 26.4. The second-order valence-electron chi connectivity index (χ2n) is 14.5. The lowest BCUT2D eigenvalue weighted by Gasteiger charge is -2.40. The molecule has 3 heterocycles. The van der Waals surface area contributed by atoms with Crippen LogP contribution in [-0.2, 0) is 28.7 Å². The molecule has 1 spiro atoms. The third-order valence-corrected chi connectivity index (χ3v) is 12.5. The van der Waals surface area contributed by atoms with Gasteiger partial charge in [-0.15, -0.1) is 13.2 Å². The van der Waals surface area contributed by atoms with E-state index in [4.69, 9.17) is 21.1 Å². The molecule has 1 N–H and O–H groups in total. The number of carbonyl (C=O) groups excluding carboxylic acids is 4. The predicted molar refractivity (Wildman–Crippen MR) is 214 cm³/mol. The number of carbonyl (C=O) groups is 4. The van der Waals surface area contributed by atoms with Crippen molar-refractivity contribution in [1.82, 2.24) is 9.80 Å². The molecule has 1 unspecified atom stereocenters. The van der Waals surface area contributed by atoms with Crippen molar-refractivity contribution in [3.8, 4) is 0 Å². The number of ether oxygens (including phenoxy) is 2. The van der Waals surface area contributed by atoms with Gasteiger partial charge >= 0.3 is 5.97 Å². The molecule has 0 radical (unpaired) electrons. The van der Waals surface area contributed by atoms with Gasteiger partial charge in [0.1, 0.15) is 17.7 Å². The number of fused-ring (bicyclic) bond motifs is 1. The van der Waals surface area contributed by atoms with Gasteiger partial charge in [-0.25, -0.2) is 0 Å². The van der Waals surface area contributed by atoms with Crippen molar-refractivity contribution >= 4 is 56.9 Å². The Balaban J connectivity index is 1.44. The first kappa shape index (κ1) is 40.4. The Labute approximate surface area is 335 Å². The number of benzene rings is 3. The number of rotatable bonds is 15. The van der Waals surface area contributed by atoms with Crippen molar-refractivity contribution in [3.63, 3.8) is 0 Å². The standard InChI is InChI=1S/C43H47BrClN3O7/c1-6-8-22-33(50)46(5)27(4)37(29-19-13-10-14-20-29)54-42(53)34-35-40(51)48(32(25-49)28-17-11-9-12-18-28)39(43(35)24-30(44)38(34)55-43)41(52)47(23-7-2)36-26(3)16-15-21-31(36)45/h6-7,9-21,27,30,32,34-35,37-39,49H,1-2,8,22-25H2,3-5H3/t27-,30?,32+,34+,35-,37+,38+,39+,43-/m0/s1. The first-order valence-electron chi connectivity index (χ1n) is 18.5. The van der Waals surface area contributed by atoms with Crippen molar-refractivity contribution in [3.05, 3.63) is 126 Å². The predicted octanol–water partition coefficient (Wildman–Crippen LogP) is 6.75. The second-order valence-corrected chi connectivity index (χ2v) is 16.1. The summed E-state index contributed by atoms with van der Waals surface area (Å²) in [5, 5.41) is 11.3. The minimum atomic E-state index is -1.47. The summed E-state index contributed by atoms with van der Waals surface area (Å²) in [7, 11) is 1.67. The zero-order valence-electron chi connectivity index (χ0n) is 31.2. The van der Waals surface area contributed by atoms with E-state index in [9.17, 15) is 14.7 Å². The van der Waals surface area contributed by atoms with E-state index in [1.165, 1.54) is 9.80 Å². The zero-order valence-corrected chi connectivity index (χ0v) is 33.6. The molecule has 2 bridgehead atoms. The molecule has 3 fully saturated rings. The summed E-state index contributed by atoms with van der Waals surface area (Å²) >= 11 is 10.5. The van der Waals surface area contributed by atoms with Gasteiger partial charge in [0.25, 0.3) is 5.91 Å². The van der Waals surface area contributed by atoms with Crippen LogP contribution in [0, 0.1) is 18.8 Å². The summed E-state index contributed by atoms with van der Waals surface area (Å²) in [5.41, 5.74) is 1.02. The average molecular weight is 833 g/mol. The van der Waals surface area contributed by atoms with Gasteiger partial charge in [-0.1, -0.05) is 112 Å². The summed E-state index contributed by atoms with van der Waals surface area (Å²) in [4.78, 5) is 62.4. The fourth-order valence-corrected chi connectivity index (χ4v) is 9.90. The lowest BCUT2D eigenvalue weighted by atomic mass is 9.70. The highest BCUT2D eigenvalue weighted by atomic mass is 79.9. The van der Waals surface area contributed by atoms with Gasteiger partial charge < -0.3 is 29.3 Å². The van der Waals surface area contributed by atoms with Crippen LogP contribution in [0.4, 0.5) is 5.69 Å². The SMILES string of the molecule is C=CCCC(=O)N(C)[C@@H](C)[C@@H](OC(=O)[C@H]1[C@@H]2O[C@@]3(CC2Br)[C@@H]1C(=O)N([C@H](CO)c1ccccc1)[C@@H]3C(=O)N(CC=C)c1c(C)cccc1Cl)c1ccccc1. The molecule has 3 aliphatic heterocycles. The lowest BCUT2D eigenvalue weighted by molar-refractivity contribution is -0.165. The van der Waals surface area contributed by atoms with Gasteiger partial charge in [-0.05, 0) is 49.4 Å². The Morgan fingerprint density at radius 1 is 1.05 bits per heavy atom. The molecule has 3 aliphatic rings. The quantitative estimate of drug-likeness (QED) is 0.102. The van der Waals surface area contributed by atoms with Gasteiger partial charge in [-0.2, -0.15) is 0 Å². The number of hydrogen-bond donors (Lipinski definition) is 1. The van der Waals surface area contributed by atoms with E-state index in [1.807, 2.05) is 56.3 Å². The molecule has 0 aromatic heterocycles. The van der Waals surface area contributed by atoms with Crippen molar-refractivity contribution in [1.29, 1.82) is 0 Å². The number of likely N-dealkylation sites (tertiary alicyclic amines) is 1. The molecular formula is C43H47BrClN3O7. The Hall–Kier alpha value is -4.29. The fraction of sp³-hybridized carbons (Fsp3) is 0.395.